The van der Waals surface area contributed by atoms with Crippen LogP contribution in [0.25, 0.3) is 0 Å². The molecule has 1 aliphatic heterocycles. The average molecular weight is 257 g/mol. The highest BCUT2D eigenvalue weighted by molar-refractivity contribution is 5.80. The highest BCUT2D eigenvalue weighted by atomic mass is 16.5. The molecule has 0 aromatic carbocycles. The van der Waals surface area contributed by atoms with E-state index in [0.717, 1.165) is 19.6 Å². The zero-order chi connectivity index (χ0) is 13.5. The van der Waals surface area contributed by atoms with Crippen molar-refractivity contribution in [1.29, 1.82) is 0 Å². The molecule has 1 saturated heterocycles. The third kappa shape index (κ3) is 4.23. The van der Waals surface area contributed by atoms with Crippen molar-refractivity contribution in [2.75, 3.05) is 39.9 Å². The molecule has 0 saturated carbocycles. The first-order valence-corrected chi connectivity index (χ1v) is 6.90. The lowest BCUT2D eigenvalue weighted by Gasteiger charge is -2.25. The van der Waals surface area contributed by atoms with Gasteiger partial charge in [-0.05, 0) is 27.1 Å². The maximum atomic E-state index is 12.1. The van der Waals surface area contributed by atoms with Gasteiger partial charge in [0.15, 0.2) is 0 Å². The van der Waals surface area contributed by atoms with Gasteiger partial charge in [0.1, 0.15) is 0 Å². The van der Waals surface area contributed by atoms with Gasteiger partial charge in [0.25, 0.3) is 0 Å². The van der Waals surface area contributed by atoms with Crippen molar-refractivity contribution in [3.63, 3.8) is 0 Å². The number of nitrogens with one attached hydrogen (secondary N) is 2. The number of nitrogens with zero attached hydrogens (tertiary/aromatic N) is 1. The molecule has 0 spiro atoms. The van der Waals surface area contributed by atoms with Crippen LogP contribution in [-0.2, 0) is 9.53 Å². The zero-order valence-corrected chi connectivity index (χ0v) is 12.0. The fourth-order valence-electron chi connectivity index (χ4n) is 2.36. The molecule has 1 amide bonds. The van der Waals surface area contributed by atoms with E-state index in [-0.39, 0.29) is 23.9 Å². The van der Waals surface area contributed by atoms with Gasteiger partial charge in [-0.15, -0.1) is 0 Å². The molecule has 1 aliphatic rings. The van der Waals surface area contributed by atoms with E-state index in [4.69, 9.17) is 4.74 Å². The summed E-state index contributed by atoms with van der Waals surface area (Å²) in [6, 6.07) is 0.321. The number of likely N-dealkylation sites (N-methyl/N-ethyl adjacent to an activating group) is 2. The van der Waals surface area contributed by atoms with Crippen LogP contribution in [0, 0.1) is 5.92 Å². The Morgan fingerprint density at radius 3 is 2.61 bits per heavy atom. The van der Waals surface area contributed by atoms with E-state index in [1.807, 2.05) is 7.05 Å². The Morgan fingerprint density at radius 1 is 1.39 bits per heavy atom. The molecule has 18 heavy (non-hydrogen) atoms. The van der Waals surface area contributed by atoms with E-state index < -0.39 is 0 Å². The summed E-state index contributed by atoms with van der Waals surface area (Å²) < 4.78 is 5.35. The first kappa shape index (κ1) is 15.4. The van der Waals surface area contributed by atoms with Crippen molar-refractivity contribution in [3.05, 3.63) is 0 Å². The van der Waals surface area contributed by atoms with Crippen LogP contribution in [0.1, 0.15) is 20.8 Å². The minimum absolute atomic E-state index is 0.0610. The average Bonchev–Trinajstić information content (AvgIpc) is 2.84. The van der Waals surface area contributed by atoms with Crippen molar-refractivity contribution in [3.8, 4) is 0 Å². The van der Waals surface area contributed by atoms with Gasteiger partial charge in [0.05, 0.1) is 19.1 Å². The van der Waals surface area contributed by atoms with Crippen LogP contribution in [0.5, 0.6) is 0 Å². The van der Waals surface area contributed by atoms with Gasteiger partial charge in [0, 0.05) is 18.6 Å². The molecule has 1 fully saturated rings. The minimum Gasteiger partial charge on any atom is -0.379 e. The third-order valence-corrected chi connectivity index (χ3v) is 3.60. The van der Waals surface area contributed by atoms with Crippen LogP contribution < -0.4 is 10.6 Å². The molecule has 3 atom stereocenters. The summed E-state index contributed by atoms with van der Waals surface area (Å²) in [6.45, 7) is 10.4. The van der Waals surface area contributed by atoms with E-state index in [1.54, 1.807) is 0 Å². The van der Waals surface area contributed by atoms with Crippen molar-refractivity contribution >= 4 is 5.91 Å². The Bertz CT molecular complexity index is 257. The molecule has 1 rings (SSSR count). The van der Waals surface area contributed by atoms with Crippen molar-refractivity contribution in [1.82, 2.24) is 15.5 Å². The highest BCUT2D eigenvalue weighted by Gasteiger charge is 2.33. The Labute approximate surface area is 110 Å². The Hall–Kier alpha value is -0.650. The van der Waals surface area contributed by atoms with Gasteiger partial charge in [-0.2, -0.15) is 0 Å². The Kier molecular flexibility index (Phi) is 6.60. The molecular weight excluding hydrogens is 230 g/mol. The Morgan fingerprint density at radius 2 is 2.06 bits per heavy atom. The van der Waals surface area contributed by atoms with Crippen LogP contribution in [0.3, 0.4) is 0 Å². The van der Waals surface area contributed by atoms with Crippen molar-refractivity contribution < 1.29 is 9.53 Å². The summed E-state index contributed by atoms with van der Waals surface area (Å²) in [5, 5.41) is 6.22. The van der Waals surface area contributed by atoms with Gasteiger partial charge < -0.3 is 20.3 Å². The lowest BCUT2D eigenvalue weighted by Crippen LogP contribution is -2.48. The standard InChI is InChI=1S/C13H27N3O2/c1-5-16(6-2)7-10(3)15-13(17)11-8-18-9-12(11)14-4/h10-12,14H,5-9H2,1-4H3,(H,15,17). The van der Waals surface area contributed by atoms with E-state index in [2.05, 4.69) is 36.3 Å². The summed E-state index contributed by atoms with van der Waals surface area (Å²) in [5.41, 5.74) is 0. The maximum absolute atomic E-state index is 12.1. The number of hydrogen-bond acceptors (Lipinski definition) is 4. The van der Waals surface area contributed by atoms with Gasteiger partial charge in [-0.1, -0.05) is 13.8 Å². The first-order valence-electron chi connectivity index (χ1n) is 6.90. The predicted octanol–water partition coefficient (Wildman–Crippen LogP) is 0.0673. The molecule has 1 heterocycles. The van der Waals surface area contributed by atoms with Gasteiger partial charge in [0.2, 0.25) is 5.91 Å². The molecule has 2 N–H and O–H groups in total. The molecule has 106 valence electrons. The smallest absolute Gasteiger partial charge is 0.227 e. The maximum Gasteiger partial charge on any atom is 0.227 e. The number of ether oxygens (including phenoxy) is 1. The molecule has 0 bridgehead atoms. The number of rotatable bonds is 7. The second-order valence-corrected chi connectivity index (χ2v) is 4.93. The molecule has 0 aliphatic carbocycles. The number of carbonyl (C=O) groups is 1. The van der Waals surface area contributed by atoms with E-state index in [9.17, 15) is 4.79 Å². The van der Waals surface area contributed by atoms with E-state index in [1.165, 1.54) is 0 Å². The summed E-state index contributed by atoms with van der Waals surface area (Å²) in [5.74, 6) is 0.0423. The van der Waals surface area contributed by atoms with E-state index >= 15 is 0 Å². The van der Waals surface area contributed by atoms with Crippen LogP contribution in [0.4, 0.5) is 0 Å². The van der Waals surface area contributed by atoms with Gasteiger partial charge >= 0.3 is 0 Å². The molecule has 0 radical (unpaired) electrons. The zero-order valence-electron chi connectivity index (χ0n) is 12.0. The lowest BCUT2D eigenvalue weighted by atomic mass is 10.0. The second kappa shape index (κ2) is 7.71. The number of amides is 1. The van der Waals surface area contributed by atoms with Crippen LogP contribution in [0.15, 0.2) is 0 Å². The largest absolute Gasteiger partial charge is 0.379 e. The quantitative estimate of drug-likeness (QED) is 0.677. The Balaban J connectivity index is 2.39. The molecule has 0 aromatic rings. The van der Waals surface area contributed by atoms with Gasteiger partial charge in [-0.25, -0.2) is 0 Å². The summed E-state index contributed by atoms with van der Waals surface area (Å²) in [4.78, 5) is 14.4. The number of hydrogen-bond donors (Lipinski definition) is 2. The minimum atomic E-state index is -0.0610. The van der Waals surface area contributed by atoms with Crippen LogP contribution in [-0.4, -0.2) is 62.8 Å². The molecule has 5 heteroatoms. The van der Waals surface area contributed by atoms with E-state index in [0.29, 0.717) is 13.2 Å². The van der Waals surface area contributed by atoms with Crippen LogP contribution >= 0.6 is 0 Å². The fraction of sp³-hybridized carbons (Fsp3) is 0.923. The molecule has 3 unspecified atom stereocenters. The lowest BCUT2D eigenvalue weighted by molar-refractivity contribution is -0.126. The normalized spacial score (nSPS) is 25.4. The summed E-state index contributed by atoms with van der Waals surface area (Å²) in [7, 11) is 1.87. The summed E-state index contributed by atoms with van der Waals surface area (Å²) in [6.07, 6.45) is 0. The van der Waals surface area contributed by atoms with Gasteiger partial charge in [-0.3, -0.25) is 4.79 Å². The molecule has 0 aromatic heterocycles. The van der Waals surface area contributed by atoms with Crippen LogP contribution in [0.2, 0.25) is 0 Å². The monoisotopic (exact) mass is 257 g/mol. The molecule has 5 nitrogen and oxygen atoms in total. The molecular formula is C13H27N3O2. The topological polar surface area (TPSA) is 53.6 Å². The first-order chi connectivity index (χ1) is 8.62. The highest BCUT2D eigenvalue weighted by Crippen LogP contribution is 2.13. The summed E-state index contributed by atoms with van der Waals surface area (Å²) >= 11 is 0. The third-order valence-electron chi connectivity index (χ3n) is 3.60. The number of carbonyl (C=O) groups excluding carboxylic acids is 1. The van der Waals surface area contributed by atoms with Crippen molar-refractivity contribution in [2.45, 2.75) is 32.9 Å². The second-order valence-electron chi connectivity index (χ2n) is 4.93. The SMILES string of the molecule is CCN(CC)CC(C)NC(=O)C1COCC1NC. The van der Waals surface area contributed by atoms with Crippen molar-refractivity contribution in [2.24, 2.45) is 5.92 Å². The fourth-order valence-corrected chi connectivity index (χ4v) is 2.36. The predicted molar refractivity (Wildman–Crippen MR) is 72.5 cm³/mol.